The van der Waals surface area contributed by atoms with Crippen molar-refractivity contribution in [3.05, 3.63) is 90.0 Å². The minimum Gasteiger partial charge on any atom is -0.493 e. The summed E-state index contributed by atoms with van der Waals surface area (Å²) in [7, 11) is -0.412. The third kappa shape index (κ3) is 3.82. The molecule has 0 bridgehead atoms. The molecule has 0 saturated heterocycles. The number of ether oxygens (including phenoxy) is 2. The summed E-state index contributed by atoms with van der Waals surface area (Å²) in [6, 6.07) is 20.1. The van der Waals surface area contributed by atoms with Gasteiger partial charge in [0.1, 0.15) is 0 Å². The number of anilines is 2. The van der Waals surface area contributed by atoms with Crippen molar-refractivity contribution in [2.75, 3.05) is 24.3 Å². The molecule has 0 fully saturated rings. The van der Waals surface area contributed by atoms with Gasteiger partial charge in [0, 0.05) is 22.9 Å². The van der Waals surface area contributed by atoms with Gasteiger partial charge in [-0.25, -0.2) is 8.42 Å². The van der Waals surface area contributed by atoms with Crippen LogP contribution in [0.25, 0.3) is 0 Å². The lowest BCUT2D eigenvalue weighted by Crippen LogP contribution is -2.29. The number of benzene rings is 3. The summed E-state index contributed by atoms with van der Waals surface area (Å²) in [5, 5.41) is 3.65. The van der Waals surface area contributed by atoms with Crippen molar-refractivity contribution in [2.24, 2.45) is 5.92 Å². The molecule has 0 amide bonds. The summed E-state index contributed by atoms with van der Waals surface area (Å²) in [5.74, 6) is 1.75. The summed E-state index contributed by atoms with van der Waals surface area (Å²) in [6.07, 6.45) is 5.25. The van der Waals surface area contributed by atoms with E-state index in [9.17, 15) is 8.42 Å². The number of methoxy groups -OCH3 is 2. The number of hydrogen-bond donors (Lipinski definition) is 2. The van der Waals surface area contributed by atoms with E-state index in [-0.39, 0.29) is 22.8 Å². The molecule has 0 saturated carbocycles. The first kappa shape index (κ1) is 21.4. The highest BCUT2D eigenvalue weighted by molar-refractivity contribution is 7.92. The van der Waals surface area contributed by atoms with Gasteiger partial charge >= 0.3 is 0 Å². The molecule has 170 valence electrons. The van der Waals surface area contributed by atoms with E-state index in [1.165, 1.54) is 0 Å². The molecule has 33 heavy (non-hydrogen) atoms. The molecule has 3 aromatic rings. The third-order valence-electron chi connectivity index (χ3n) is 6.44. The molecular formula is C26H26N2O4S. The van der Waals surface area contributed by atoms with Gasteiger partial charge in [-0.05, 0) is 54.3 Å². The van der Waals surface area contributed by atoms with Crippen molar-refractivity contribution < 1.29 is 17.9 Å². The minimum absolute atomic E-state index is 0.00690. The molecular weight excluding hydrogens is 436 g/mol. The predicted molar refractivity (Wildman–Crippen MR) is 130 cm³/mol. The highest BCUT2D eigenvalue weighted by atomic mass is 32.2. The van der Waals surface area contributed by atoms with Gasteiger partial charge in [0.25, 0.3) is 10.0 Å². The van der Waals surface area contributed by atoms with Crippen LogP contribution in [0, 0.1) is 5.92 Å². The van der Waals surface area contributed by atoms with Gasteiger partial charge in [-0.1, -0.05) is 42.5 Å². The Morgan fingerprint density at radius 2 is 1.76 bits per heavy atom. The quantitative estimate of drug-likeness (QED) is 0.484. The molecule has 3 atom stereocenters. The fraction of sp³-hybridized carbons (Fsp3) is 0.231. The van der Waals surface area contributed by atoms with E-state index in [0.29, 0.717) is 11.4 Å². The van der Waals surface area contributed by atoms with Gasteiger partial charge in [-0.3, -0.25) is 4.72 Å². The topological polar surface area (TPSA) is 76.7 Å². The van der Waals surface area contributed by atoms with Crippen LogP contribution in [0.2, 0.25) is 0 Å². The van der Waals surface area contributed by atoms with Crippen LogP contribution in [0.4, 0.5) is 11.4 Å². The minimum atomic E-state index is -3.70. The predicted octanol–water partition coefficient (Wildman–Crippen LogP) is 5.33. The number of nitrogens with one attached hydrogen (secondary N) is 2. The SMILES string of the molecule is COc1cccc([C@H]2Nc3ccc(S(=O)(=O)Nc4ccccc4)cc3[C@H]3C=CC[C@H]32)c1OC. The molecule has 6 nitrogen and oxygen atoms in total. The van der Waals surface area contributed by atoms with E-state index in [2.05, 4.69) is 28.3 Å². The Balaban J connectivity index is 1.52. The second kappa shape index (κ2) is 8.48. The second-order valence-corrected chi connectivity index (χ2v) is 9.96. The van der Waals surface area contributed by atoms with Crippen LogP contribution in [-0.4, -0.2) is 22.6 Å². The summed E-state index contributed by atoms with van der Waals surface area (Å²) in [5.41, 5.74) is 3.49. The smallest absolute Gasteiger partial charge is 0.261 e. The number of fused-ring (bicyclic) bond motifs is 3. The van der Waals surface area contributed by atoms with Crippen molar-refractivity contribution in [1.29, 1.82) is 0 Å². The molecule has 1 heterocycles. The zero-order chi connectivity index (χ0) is 23.0. The average Bonchev–Trinajstić information content (AvgIpc) is 3.33. The summed E-state index contributed by atoms with van der Waals surface area (Å²) < 4.78 is 40.0. The average molecular weight is 463 g/mol. The van der Waals surface area contributed by atoms with Crippen LogP contribution in [0.1, 0.15) is 29.5 Å². The van der Waals surface area contributed by atoms with Crippen LogP contribution in [0.5, 0.6) is 11.5 Å². The van der Waals surface area contributed by atoms with Crippen LogP contribution in [-0.2, 0) is 10.0 Å². The lowest BCUT2D eigenvalue weighted by Gasteiger charge is -2.38. The maximum absolute atomic E-state index is 13.0. The Labute approximate surface area is 194 Å². The Hall–Kier alpha value is -3.45. The monoisotopic (exact) mass is 462 g/mol. The lowest BCUT2D eigenvalue weighted by molar-refractivity contribution is 0.341. The number of hydrogen-bond acceptors (Lipinski definition) is 5. The normalized spacial score (nSPS) is 21.0. The fourth-order valence-corrected chi connectivity index (χ4v) is 6.02. The Kier molecular flexibility index (Phi) is 5.50. The molecule has 1 aliphatic carbocycles. The molecule has 1 aliphatic heterocycles. The standard InChI is InChI=1S/C26H26N2O4S/c1-31-24-13-7-12-21(26(24)32-2)25-20-11-6-10-19(20)22-16-18(14-15-23(22)27-25)33(29,30)28-17-8-4-3-5-9-17/h3-10,12-16,19-20,25,27-28H,11H2,1-2H3/t19-,20+,25-/m0/s1. The van der Waals surface area contributed by atoms with E-state index in [4.69, 9.17) is 9.47 Å². The van der Waals surface area contributed by atoms with Gasteiger partial charge in [-0.2, -0.15) is 0 Å². The first-order valence-electron chi connectivity index (χ1n) is 10.9. The molecule has 0 aromatic heterocycles. The second-order valence-electron chi connectivity index (χ2n) is 8.28. The summed E-state index contributed by atoms with van der Waals surface area (Å²) in [4.78, 5) is 0.253. The molecule has 3 aromatic carbocycles. The van der Waals surface area contributed by atoms with Gasteiger partial charge in [0.15, 0.2) is 11.5 Å². The number of sulfonamides is 1. The Morgan fingerprint density at radius 1 is 0.939 bits per heavy atom. The third-order valence-corrected chi connectivity index (χ3v) is 7.82. The summed E-state index contributed by atoms with van der Waals surface area (Å²) in [6.45, 7) is 0. The molecule has 0 radical (unpaired) electrons. The van der Waals surface area contributed by atoms with Gasteiger partial charge in [-0.15, -0.1) is 0 Å². The fourth-order valence-electron chi connectivity index (χ4n) is 4.92. The van der Waals surface area contributed by atoms with Gasteiger partial charge in [0.2, 0.25) is 0 Å². The molecule has 5 rings (SSSR count). The number of allylic oxidation sites excluding steroid dienone is 2. The largest absolute Gasteiger partial charge is 0.493 e. The van der Waals surface area contributed by atoms with Gasteiger partial charge in [0.05, 0.1) is 25.2 Å². The van der Waals surface area contributed by atoms with Crippen molar-refractivity contribution in [1.82, 2.24) is 0 Å². The lowest BCUT2D eigenvalue weighted by atomic mass is 9.77. The highest BCUT2D eigenvalue weighted by Crippen LogP contribution is 2.52. The van der Waals surface area contributed by atoms with Crippen molar-refractivity contribution in [2.45, 2.75) is 23.3 Å². The first-order chi connectivity index (χ1) is 16.0. The van der Waals surface area contributed by atoms with Crippen LogP contribution in [0.3, 0.4) is 0 Å². The maximum atomic E-state index is 13.0. The number of para-hydroxylation sites is 2. The summed E-state index contributed by atoms with van der Waals surface area (Å²) >= 11 is 0. The maximum Gasteiger partial charge on any atom is 0.261 e. The Bertz CT molecular complexity index is 1310. The van der Waals surface area contributed by atoms with Gasteiger partial charge < -0.3 is 14.8 Å². The molecule has 0 unspecified atom stereocenters. The Morgan fingerprint density at radius 3 is 2.52 bits per heavy atom. The number of rotatable bonds is 6. The van der Waals surface area contributed by atoms with Crippen molar-refractivity contribution in [3.63, 3.8) is 0 Å². The van der Waals surface area contributed by atoms with Crippen molar-refractivity contribution >= 4 is 21.4 Å². The zero-order valence-electron chi connectivity index (χ0n) is 18.5. The zero-order valence-corrected chi connectivity index (χ0v) is 19.3. The highest BCUT2D eigenvalue weighted by Gasteiger charge is 2.40. The van der Waals surface area contributed by atoms with E-state index in [0.717, 1.165) is 29.0 Å². The molecule has 0 spiro atoms. The van der Waals surface area contributed by atoms with E-state index >= 15 is 0 Å². The molecule has 2 aliphatic rings. The van der Waals surface area contributed by atoms with Crippen LogP contribution < -0.4 is 19.5 Å². The molecule has 2 N–H and O–H groups in total. The van der Waals surface area contributed by atoms with Crippen LogP contribution in [0.15, 0.2) is 83.8 Å². The van der Waals surface area contributed by atoms with E-state index in [1.54, 1.807) is 50.6 Å². The molecule has 7 heteroatoms. The van der Waals surface area contributed by atoms with Crippen molar-refractivity contribution in [3.8, 4) is 11.5 Å². The van der Waals surface area contributed by atoms with E-state index < -0.39 is 10.0 Å². The first-order valence-corrected chi connectivity index (χ1v) is 12.4. The van der Waals surface area contributed by atoms with Crippen LogP contribution >= 0.6 is 0 Å². The van der Waals surface area contributed by atoms with E-state index in [1.807, 2.05) is 24.3 Å².